The zero-order valence-corrected chi connectivity index (χ0v) is 15.4. The summed E-state index contributed by atoms with van der Waals surface area (Å²) in [6, 6.07) is 11.8. The zero-order valence-electron chi connectivity index (χ0n) is 15.4. The van der Waals surface area contributed by atoms with Gasteiger partial charge in [-0.2, -0.15) is 0 Å². The molecule has 0 aromatic heterocycles. The van der Waals surface area contributed by atoms with E-state index in [1.807, 2.05) is 12.1 Å². The van der Waals surface area contributed by atoms with Gasteiger partial charge in [-0.3, -0.25) is 0 Å². The molecule has 5 heteroatoms. The molecule has 2 aromatic carbocycles. The van der Waals surface area contributed by atoms with Crippen LogP contribution in [0, 0.1) is 5.82 Å². The minimum atomic E-state index is -1.46. The summed E-state index contributed by atoms with van der Waals surface area (Å²) in [5.41, 5.74) is 0.289. The molecule has 0 amide bonds. The van der Waals surface area contributed by atoms with E-state index in [-0.39, 0.29) is 11.1 Å². The Kier molecular flexibility index (Phi) is 5.83. The van der Waals surface area contributed by atoms with Crippen LogP contribution in [0.2, 0.25) is 0 Å². The van der Waals surface area contributed by atoms with Crippen LogP contribution in [-0.4, -0.2) is 23.8 Å². The Morgan fingerprint density at radius 3 is 2.19 bits per heavy atom. The van der Waals surface area contributed by atoms with Crippen molar-refractivity contribution in [1.29, 1.82) is 0 Å². The Morgan fingerprint density at radius 2 is 1.73 bits per heavy atom. The number of halogens is 1. The van der Waals surface area contributed by atoms with Crippen molar-refractivity contribution in [3.63, 3.8) is 0 Å². The van der Waals surface area contributed by atoms with E-state index in [2.05, 4.69) is 6.58 Å². The summed E-state index contributed by atoms with van der Waals surface area (Å²) in [6.07, 6.45) is -1.16. The molecule has 0 radical (unpaired) electrons. The van der Waals surface area contributed by atoms with Crippen LogP contribution < -0.4 is 4.74 Å². The molecular weight excluding hydrogens is 335 g/mol. The Morgan fingerprint density at radius 1 is 1.15 bits per heavy atom. The van der Waals surface area contributed by atoms with Gasteiger partial charge in [0.15, 0.2) is 6.10 Å². The Hall–Kier alpha value is -2.66. The third kappa shape index (κ3) is 4.49. The Balaban J connectivity index is 2.38. The second-order valence-electron chi connectivity index (χ2n) is 6.68. The van der Waals surface area contributed by atoms with Crippen LogP contribution >= 0.6 is 0 Å². The summed E-state index contributed by atoms with van der Waals surface area (Å²) in [5, 5.41) is 10.3. The molecule has 4 nitrogen and oxygen atoms in total. The SMILES string of the molecule is C=C(C)C(=O)OC(c1ccc(-c2ccc(OC)cc2)cc1F)C(C)(C)O. The van der Waals surface area contributed by atoms with E-state index in [4.69, 9.17) is 9.47 Å². The predicted molar refractivity (Wildman–Crippen MR) is 98.3 cm³/mol. The highest BCUT2D eigenvalue weighted by Crippen LogP contribution is 2.34. The molecule has 0 aliphatic heterocycles. The zero-order chi connectivity index (χ0) is 19.5. The van der Waals surface area contributed by atoms with Crippen molar-refractivity contribution < 1.29 is 23.8 Å². The van der Waals surface area contributed by atoms with Gasteiger partial charge in [0.05, 0.1) is 7.11 Å². The van der Waals surface area contributed by atoms with Crippen LogP contribution in [-0.2, 0) is 9.53 Å². The molecule has 0 spiro atoms. The molecule has 2 rings (SSSR count). The summed E-state index contributed by atoms with van der Waals surface area (Å²) in [6.45, 7) is 7.92. The number of carbonyl (C=O) groups excluding carboxylic acids is 1. The van der Waals surface area contributed by atoms with Gasteiger partial charge in [-0.1, -0.05) is 30.8 Å². The van der Waals surface area contributed by atoms with Crippen molar-refractivity contribution in [2.75, 3.05) is 7.11 Å². The monoisotopic (exact) mass is 358 g/mol. The minimum Gasteiger partial charge on any atom is -0.497 e. The topological polar surface area (TPSA) is 55.8 Å². The second kappa shape index (κ2) is 7.70. The van der Waals surface area contributed by atoms with E-state index >= 15 is 0 Å². The second-order valence-corrected chi connectivity index (χ2v) is 6.68. The molecule has 138 valence electrons. The van der Waals surface area contributed by atoms with Crippen molar-refractivity contribution in [1.82, 2.24) is 0 Å². The van der Waals surface area contributed by atoms with Crippen molar-refractivity contribution >= 4 is 5.97 Å². The van der Waals surface area contributed by atoms with Gasteiger partial charge in [-0.05, 0) is 50.1 Å². The first-order chi connectivity index (χ1) is 12.1. The van der Waals surface area contributed by atoms with E-state index < -0.39 is 23.5 Å². The number of ether oxygens (including phenoxy) is 2. The largest absolute Gasteiger partial charge is 0.497 e. The molecule has 1 N–H and O–H groups in total. The molecule has 0 fully saturated rings. The number of esters is 1. The van der Waals surface area contributed by atoms with Gasteiger partial charge >= 0.3 is 5.97 Å². The molecule has 2 aromatic rings. The lowest BCUT2D eigenvalue weighted by Crippen LogP contribution is -2.33. The first kappa shape index (κ1) is 19.7. The van der Waals surface area contributed by atoms with Gasteiger partial charge in [-0.15, -0.1) is 0 Å². The van der Waals surface area contributed by atoms with Gasteiger partial charge in [0.2, 0.25) is 0 Å². The van der Waals surface area contributed by atoms with E-state index in [9.17, 15) is 14.3 Å². The normalized spacial score (nSPS) is 12.4. The quantitative estimate of drug-likeness (QED) is 0.613. The van der Waals surface area contributed by atoms with Gasteiger partial charge < -0.3 is 14.6 Å². The summed E-state index contributed by atoms with van der Waals surface area (Å²) in [7, 11) is 1.58. The molecule has 0 aliphatic rings. The number of benzene rings is 2. The standard InChI is InChI=1S/C21H23FO4/c1-13(2)20(23)26-19(21(3,4)24)17-11-8-15(12-18(17)22)14-6-9-16(25-5)10-7-14/h6-12,19,24H,1H2,2-5H3. The van der Waals surface area contributed by atoms with E-state index in [1.54, 1.807) is 25.3 Å². The molecular formula is C21H23FO4. The highest BCUT2D eigenvalue weighted by molar-refractivity contribution is 5.87. The average molecular weight is 358 g/mol. The number of hydrogen-bond acceptors (Lipinski definition) is 4. The Labute approximate surface area is 152 Å². The van der Waals surface area contributed by atoms with Crippen LogP contribution in [0.3, 0.4) is 0 Å². The third-order valence-corrected chi connectivity index (χ3v) is 3.92. The van der Waals surface area contributed by atoms with Gasteiger partial charge in [0.25, 0.3) is 0 Å². The Bertz CT molecular complexity index is 804. The number of aliphatic hydroxyl groups is 1. The molecule has 0 aliphatic carbocycles. The number of methoxy groups -OCH3 is 1. The van der Waals surface area contributed by atoms with Gasteiger partial charge in [0, 0.05) is 11.1 Å². The fraction of sp³-hybridized carbons (Fsp3) is 0.286. The molecule has 0 saturated heterocycles. The molecule has 1 unspecified atom stereocenters. The fourth-order valence-corrected chi connectivity index (χ4v) is 2.50. The van der Waals surface area contributed by atoms with Crippen LogP contribution in [0.25, 0.3) is 11.1 Å². The smallest absolute Gasteiger partial charge is 0.333 e. The first-order valence-electron chi connectivity index (χ1n) is 8.16. The molecule has 0 heterocycles. The summed E-state index contributed by atoms with van der Waals surface area (Å²) >= 11 is 0. The summed E-state index contributed by atoms with van der Waals surface area (Å²) in [5.74, 6) is -0.546. The first-order valence-corrected chi connectivity index (χ1v) is 8.16. The van der Waals surface area contributed by atoms with Crippen LogP contribution in [0.5, 0.6) is 5.75 Å². The average Bonchev–Trinajstić information content (AvgIpc) is 2.58. The van der Waals surface area contributed by atoms with Crippen molar-refractivity contribution in [3.05, 3.63) is 66.0 Å². The molecule has 0 saturated carbocycles. The maximum absolute atomic E-state index is 14.8. The fourth-order valence-electron chi connectivity index (χ4n) is 2.50. The van der Waals surface area contributed by atoms with Crippen molar-refractivity contribution in [2.45, 2.75) is 32.5 Å². The number of hydrogen-bond donors (Lipinski definition) is 1. The van der Waals surface area contributed by atoms with Crippen LogP contribution in [0.1, 0.15) is 32.4 Å². The number of carbonyl (C=O) groups is 1. The van der Waals surface area contributed by atoms with Crippen molar-refractivity contribution in [3.8, 4) is 16.9 Å². The summed E-state index contributed by atoms with van der Waals surface area (Å²) < 4.78 is 25.2. The van der Waals surface area contributed by atoms with Crippen LogP contribution in [0.4, 0.5) is 4.39 Å². The number of rotatable bonds is 6. The van der Waals surface area contributed by atoms with Crippen molar-refractivity contribution in [2.24, 2.45) is 0 Å². The molecule has 0 bridgehead atoms. The highest BCUT2D eigenvalue weighted by atomic mass is 19.1. The van der Waals surface area contributed by atoms with Gasteiger partial charge in [0.1, 0.15) is 17.2 Å². The third-order valence-electron chi connectivity index (χ3n) is 3.92. The highest BCUT2D eigenvalue weighted by Gasteiger charge is 2.34. The van der Waals surface area contributed by atoms with Crippen LogP contribution in [0.15, 0.2) is 54.6 Å². The van der Waals surface area contributed by atoms with E-state index in [1.165, 1.54) is 32.9 Å². The molecule has 26 heavy (non-hydrogen) atoms. The van der Waals surface area contributed by atoms with Gasteiger partial charge in [-0.25, -0.2) is 9.18 Å². The molecule has 1 atom stereocenters. The maximum atomic E-state index is 14.8. The lowest BCUT2D eigenvalue weighted by Gasteiger charge is -2.29. The predicted octanol–water partition coefficient (Wildman–Crippen LogP) is 4.43. The van der Waals surface area contributed by atoms with E-state index in [0.29, 0.717) is 11.3 Å². The lowest BCUT2D eigenvalue weighted by atomic mass is 9.92. The maximum Gasteiger partial charge on any atom is 0.333 e. The minimum absolute atomic E-state index is 0.101. The van der Waals surface area contributed by atoms with E-state index in [0.717, 1.165) is 5.56 Å². The lowest BCUT2D eigenvalue weighted by molar-refractivity contribution is -0.158. The summed E-state index contributed by atoms with van der Waals surface area (Å²) in [4.78, 5) is 11.9.